The Bertz CT molecular complexity index is 1110. The van der Waals surface area contributed by atoms with Crippen molar-refractivity contribution < 1.29 is 0 Å². The number of hydrogen-bond acceptors (Lipinski definition) is 2. The molecule has 131 valence electrons. The Morgan fingerprint density at radius 2 is 1.70 bits per heavy atom. The standard InChI is InChI=1S/C24H20N3/c1-24(2)14-21-19(23-20(24)15-25-27-23)13-18(16-9-5-3-6-10-16)22(26-21)17-11-7-4-8-12-17/h3,5-13,15H,14H2,1-2H3,(H,25,27). The lowest BCUT2D eigenvalue weighted by Crippen LogP contribution is -2.26. The first-order valence-electron chi connectivity index (χ1n) is 9.24. The largest absolute Gasteiger partial charge is 0.285 e. The molecule has 1 N–H and O–H groups in total. The van der Waals surface area contributed by atoms with Gasteiger partial charge in [0.15, 0.2) is 0 Å². The maximum atomic E-state index is 5.17. The highest BCUT2D eigenvalue weighted by Gasteiger charge is 2.34. The molecule has 27 heavy (non-hydrogen) atoms. The Balaban J connectivity index is 1.81. The molecule has 0 atom stereocenters. The summed E-state index contributed by atoms with van der Waals surface area (Å²) in [6, 6.07) is 23.9. The van der Waals surface area contributed by atoms with Crippen LogP contribution in [0.3, 0.4) is 0 Å². The third-order valence-corrected chi connectivity index (χ3v) is 5.41. The highest BCUT2D eigenvalue weighted by Crippen LogP contribution is 2.44. The fourth-order valence-corrected chi connectivity index (χ4v) is 4.02. The van der Waals surface area contributed by atoms with Gasteiger partial charge in [0.25, 0.3) is 0 Å². The number of fused-ring (bicyclic) bond motifs is 3. The summed E-state index contributed by atoms with van der Waals surface area (Å²) < 4.78 is 0. The SMILES string of the molecule is CC1(C)Cc2nc(-c3cc[c]cc3)c(-c3ccccc3)cc2-c2n[nH]cc21. The van der Waals surface area contributed by atoms with Gasteiger partial charge in [-0.3, -0.25) is 10.1 Å². The van der Waals surface area contributed by atoms with Crippen LogP contribution < -0.4 is 0 Å². The molecule has 0 unspecified atom stereocenters. The van der Waals surface area contributed by atoms with Crippen LogP contribution in [0.2, 0.25) is 0 Å². The molecular formula is C24H20N3. The van der Waals surface area contributed by atoms with Crippen molar-refractivity contribution in [2.45, 2.75) is 25.7 Å². The molecule has 4 aromatic rings. The highest BCUT2D eigenvalue weighted by atomic mass is 15.1. The van der Waals surface area contributed by atoms with E-state index >= 15 is 0 Å². The first-order valence-corrected chi connectivity index (χ1v) is 9.24. The number of nitrogens with zero attached hydrogens (tertiary/aromatic N) is 2. The summed E-state index contributed by atoms with van der Waals surface area (Å²) >= 11 is 0. The number of nitrogens with one attached hydrogen (secondary N) is 1. The summed E-state index contributed by atoms with van der Waals surface area (Å²) in [5.74, 6) is 0. The molecule has 5 rings (SSSR count). The molecule has 0 spiro atoms. The molecule has 0 aliphatic heterocycles. The molecule has 0 amide bonds. The van der Waals surface area contributed by atoms with Crippen LogP contribution in [-0.2, 0) is 11.8 Å². The lowest BCUT2D eigenvalue weighted by molar-refractivity contribution is 0.510. The second-order valence-electron chi connectivity index (χ2n) is 7.74. The molecule has 2 aromatic heterocycles. The van der Waals surface area contributed by atoms with Crippen LogP contribution in [0.1, 0.15) is 25.1 Å². The number of rotatable bonds is 2. The van der Waals surface area contributed by atoms with Gasteiger partial charge in [-0.05, 0) is 29.5 Å². The number of hydrogen-bond donors (Lipinski definition) is 1. The number of aromatic nitrogens is 3. The summed E-state index contributed by atoms with van der Waals surface area (Å²) in [6.07, 6.45) is 2.93. The Kier molecular flexibility index (Phi) is 3.51. The molecule has 1 radical (unpaired) electrons. The van der Waals surface area contributed by atoms with E-state index in [1.165, 1.54) is 5.56 Å². The predicted molar refractivity (Wildman–Crippen MR) is 108 cm³/mol. The molecule has 0 saturated carbocycles. The van der Waals surface area contributed by atoms with Crippen LogP contribution in [0, 0.1) is 6.07 Å². The summed E-state index contributed by atoms with van der Waals surface area (Å²) in [4.78, 5) is 5.17. The van der Waals surface area contributed by atoms with Gasteiger partial charge in [0.2, 0.25) is 0 Å². The zero-order chi connectivity index (χ0) is 18.4. The van der Waals surface area contributed by atoms with E-state index in [4.69, 9.17) is 4.98 Å². The predicted octanol–water partition coefficient (Wildman–Crippen LogP) is 5.44. The van der Waals surface area contributed by atoms with E-state index in [1.54, 1.807) is 0 Å². The number of aromatic amines is 1. The van der Waals surface area contributed by atoms with Crippen molar-refractivity contribution in [2.75, 3.05) is 0 Å². The Labute approximate surface area is 159 Å². The normalized spacial score (nSPS) is 14.4. The zero-order valence-electron chi connectivity index (χ0n) is 15.5. The van der Waals surface area contributed by atoms with Gasteiger partial charge in [-0.25, -0.2) is 0 Å². The summed E-state index contributed by atoms with van der Waals surface area (Å²) in [6.45, 7) is 4.52. The zero-order valence-corrected chi connectivity index (χ0v) is 15.5. The first-order chi connectivity index (χ1) is 13.1. The van der Waals surface area contributed by atoms with Crippen molar-refractivity contribution in [1.82, 2.24) is 15.2 Å². The Morgan fingerprint density at radius 3 is 2.48 bits per heavy atom. The van der Waals surface area contributed by atoms with Gasteiger partial charge in [-0.2, -0.15) is 5.10 Å². The van der Waals surface area contributed by atoms with Gasteiger partial charge in [0, 0.05) is 28.5 Å². The molecule has 0 fully saturated rings. The average Bonchev–Trinajstić information content (AvgIpc) is 3.20. The quantitative estimate of drug-likeness (QED) is 0.523. The van der Waals surface area contributed by atoms with Gasteiger partial charge in [0.05, 0.1) is 17.1 Å². The second kappa shape index (κ2) is 5.92. The molecule has 1 aliphatic rings. The molecule has 3 nitrogen and oxygen atoms in total. The Hall–Kier alpha value is -3.20. The molecule has 0 bridgehead atoms. The molecule has 2 heterocycles. The van der Waals surface area contributed by atoms with Gasteiger partial charge >= 0.3 is 0 Å². The maximum absolute atomic E-state index is 5.17. The van der Waals surface area contributed by atoms with E-state index in [2.05, 4.69) is 72.6 Å². The third kappa shape index (κ3) is 2.58. The first kappa shape index (κ1) is 16.0. The number of pyridine rings is 1. The van der Waals surface area contributed by atoms with Crippen LogP contribution in [0.15, 0.2) is 66.9 Å². The fourth-order valence-electron chi connectivity index (χ4n) is 4.02. The van der Waals surface area contributed by atoms with Crippen molar-refractivity contribution >= 4 is 0 Å². The van der Waals surface area contributed by atoms with E-state index in [-0.39, 0.29) is 5.41 Å². The molecule has 3 heteroatoms. The van der Waals surface area contributed by atoms with Gasteiger partial charge in [-0.15, -0.1) is 0 Å². The van der Waals surface area contributed by atoms with E-state index < -0.39 is 0 Å². The highest BCUT2D eigenvalue weighted by molar-refractivity contribution is 5.86. The van der Waals surface area contributed by atoms with Crippen LogP contribution in [0.4, 0.5) is 0 Å². The summed E-state index contributed by atoms with van der Waals surface area (Å²) in [5.41, 5.74) is 8.98. The minimum Gasteiger partial charge on any atom is -0.285 e. The molecule has 0 saturated heterocycles. The average molecular weight is 350 g/mol. The van der Waals surface area contributed by atoms with Crippen molar-refractivity contribution in [2.24, 2.45) is 0 Å². The number of H-pyrrole nitrogens is 1. The second-order valence-corrected chi connectivity index (χ2v) is 7.74. The van der Waals surface area contributed by atoms with E-state index in [0.717, 1.165) is 45.8 Å². The van der Waals surface area contributed by atoms with Gasteiger partial charge in [0.1, 0.15) is 0 Å². The van der Waals surface area contributed by atoms with Crippen LogP contribution in [-0.4, -0.2) is 15.2 Å². The summed E-state index contributed by atoms with van der Waals surface area (Å²) in [5, 5.41) is 7.62. The van der Waals surface area contributed by atoms with Crippen LogP contribution in [0.25, 0.3) is 33.6 Å². The minimum absolute atomic E-state index is 0.0122. The number of benzene rings is 2. The van der Waals surface area contributed by atoms with E-state index in [0.29, 0.717) is 0 Å². The molecule has 1 aliphatic carbocycles. The smallest absolute Gasteiger partial charge is 0.0976 e. The maximum Gasteiger partial charge on any atom is 0.0976 e. The van der Waals surface area contributed by atoms with Crippen LogP contribution in [0.5, 0.6) is 0 Å². The minimum atomic E-state index is 0.0122. The van der Waals surface area contributed by atoms with Crippen molar-refractivity contribution in [3.63, 3.8) is 0 Å². The van der Waals surface area contributed by atoms with Crippen molar-refractivity contribution in [3.8, 4) is 33.6 Å². The fraction of sp³-hybridized carbons (Fsp3) is 0.167. The van der Waals surface area contributed by atoms with Crippen LogP contribution >= 0.6 is 0 Å². The third-order valence-electron chi connectivity index (χ3n) is 5.41. The Morgan fingerprint density at radius 1 is 0.926 bits per heavy atom. The lowest BCUT2D eigenvalue weighted by Gasteiger charge is -2.31. The molecule has 2 aromatic carbocycles. The molecular weight excluding hydrogens is 330 g/mol. The lowest BCUT2D eigenvalue weighted by atomic mass is 9.74. The van der Waals surface area contributed by atoms with Crippen molar-refractivity contribution in [3.05, 3.63) is 84.2 Å². The summed E-state index contributed by atoms with van der Waals surface area (Å²) in [7, 11) is 0. The van der Waals surface area contributed by atoms with Gasteiger partial charge < -0.3 is 0 Å². The van der Waals surface area contributed by atoms with E-state index in [1.807, 2.05) is 24.4 Å². The monoisotopic (exact) mass is 350 g/mol. The van der Waals surface area contributed by atoms with E-state index in [9.17, 15) is 0 Å². The van der Waals surface area contributed by atoms with Gasteiger partial charge in [-0.1, -0.05) is 68.4 Å². The topological polar surface area (TPSA) is 41.6 Å². The van der Waals surface area contributed by atoms with Crippen molar-refractivity contribution in [1.29, 1.82) is 0 Å².